The summed E-state index contributed by atoms with van der Waals surface area (Å²) in [6.45, 7) is 5.65. The molecule has 1 aliphatic carbocycles. The number of hydrogen-bond donors (Lipinski definition) is 2. The summed E-state index contributed by atoms with van der Waals surface area (Å²) < 4.78 is 32.9. The van der Waals surface area contributed by atoms with E-state index >= 15 is 0 Å². The zero-order valence-corrected chi connectivity index (χ0v) is 16.8. The smallest absolute Gasteiger partial charge is 0.251 e. The van der Waals surface area contributed by atoms with E-state index in [4.69, 9.17) is 10.5 Å². The highest BCUT2D eigenvalue weighted by Crippen LogP contribution is 2.39. The van der Waals surface area contributed by atoms with Gasteiger partial charge in [-0.05, 0) is 49.8 Å². The van der Waals surface area contributed by atoms with E-state index in [1.807, 2.05) is 13.8 Å². The Bertz CT molecular complexity index is 801. The van der Waals surface area contributed by atoms with Gasteiger partial charge in [0.1, 0.15) is 0 Å². The van der Waals surface area contributed by atoms with Crippen molar-refractivity contribution >= 4 is 15.9 Å². The summed E-state index contributed by atoms with van der Waals surface area (Å²) in [7, 11) is -3.67. The Kier molecular flexibility index (Phi) is 5.90. The Morgan fingerprint density at radius 2 is 2.00 bits per heavy atom. The van der Waals surface area contributed by atoms with Gasteiger partial charge in [-0.25, -0.2) is 8.42 Å². The summed E-state index contributed by atoms with van der Waals surface area (Å²) in [6, 6.07) is 4.93. The van der Waals surface area contributed by atoms with Crippen molar-refractivity contribution in [3.05, 3.63) is 29.3 Å². The lowest BCUT2D eigenvalue weighted by molar-refractivity contribution is 0.0730. The first-order chi connectivity index (χ1) is 12.8. The molecule has 1 atom stereocenters. The van der Waals surface area contributed by atoms with Crippen LogP contribution in [-0.2, 0) is 21.2 Å². The second-order valence-electron chi connectivity index (χ2n) is 7.54. The molecule has 2 aliphatic rings. The monoisotopic (exact) mass is 395 g/mol. The number of carbonyl (C=O) groups is 1. The van der Waals surface area contributed by atoms with Gasteiger partial charge in [0.25, 0.3) is 5.91 Å². The van der Waals surface area contributed by atoms with Crippen molar-refractivity contribution in [1.82, 2.24) is 9.62 Å². The van der Waals surface area contributed by atoms with E-state index in [-0.39, 0.29) is 10.8 Å². The predicted molar refractivity (Wildman–Crippen MR) is 103 cm³/mol. The van der Waals surface area contributed by atoms with Gasteiger partial charge in [-0.3, -0.25) is 4.79 Å². The van der Waals surface area contributed by atoms with Crippen LogP contribution in [0.4, 0.5) is 0 Å². The van der Waals surface area contributed by atoms with Crippen molar-refractivity contribution in [2.45, 2.75) is 43.5 Å². The minimum Gasteiger partial charge on any atom is -0.379 e. The fourth-order valence-electron chi connectivity index (χ4n) is 3.53. The van der Waals surface area contributed by atoms with Crippen LogP contribution in [0.15, 0.2) is 23.1 Å². The molecule has 1 aliphatic heterocycles. The molecule has 1 aromatic carbocycles. The minimum atomic E-state index is -3.67. The number of carbonyl (C=O) groups excluding carboxylic acids is 1. The maximum absolute atomic E-state index is 13.1. The number of aryl methyl sites for hydroxylation is 1. The lowest BCUT2D eigenvalue weighted by Crippen LogP contribution is -2.53. The normalized spacial score (nSPS) is 20.9. The number of morpholine rings is 1. The molecule has 150 valence electrons. The van der Waals surface area contributed by atoms with Gasteiger partial charge in [0.15, 0.2) is 0 Å². The first-order valence-electron chi connectivity index (χ1n) is 9.55. The quantitative estimate of drug-likeness (QED) is 0.721. The second kappa shape index (κ2) is 7.87. The summed E-state index contributed by atoms with van der Waals surface area (Å²) in [4.78, 5) is 13.0. The van der Waals surface area contributed by atoms with E-state index in [0.29, 0.717) is 56.3 Å². The van der Waals surface area contributed by atoms with Crippen molar-refractivity contribution in [3.8, 4) is 0 Å². The van der Waals surface area contributed by atoms with Crippen LogP contribution >= 0.6 is 0 Å². The maximum Gasteiger partial charge on any atom is 0.251 e. The highest BCUT2D eigenvalue weighted by atomic mass is 32.2. The van der Waals surface area contributed by atoms with Crippen molar-refractivity contribution < 1.29 is 17.9 Å². The Labute approximate surface area is 161 Å². The number of nitrogens with two attached hydrogens (primary N) is 1. The Hall–Kier alpha value is -1.48. The zero-order chi connectivity index (χ0) is 19.7. The van der Waals surface area contributed by atoms with E-state index in [1.165, 1.54) is 10.4 Å². The van der Waals surface area contributed by atoms with Crippen molar-refractivity contribution in [1.29, 1.82) is 0 Å². The van der Waals surface area contributed by atoms with Crippen LogP contribution in [-0.4, -0.2) is 57.0 Å². The van der Waals surface area contributed by atoms with E-state index in [1.54, 1.807) is 12.1 Å². The molecule has 0 radical (unpaired) electrons. The molecular formula is C19H29N3O4S. The van der Waals surface area contributed by atoms with E-state index in [2.05, 4.69) is 5.32 Å². The van der Waals surface area contributed by atoms with Crippen LogP contribution in [0.1, 0.15) is 42.6 Å². The average Bonchev–Trinajstić information content (AvgIpc) is 3.53. The molecule has 7 nitrogen and oxygen atoms in total. The topological polar surface area (TPSA) is 102 Å². The number of ether oxygens (including phenoxy) is 1. The molecule has 3 rings (SSSR count). The highest BCUT2D eigenvalue weighted by Gasteiger charge is 2.41. The fourth-order valence-corrected chi connectivity index (χ4v) is 5.25. The minimum absolute atomic E-state index is 0.209. The van der Waals surface area contributed by atoms with Crippen molar-refractivity contribution in [2.24, 2.45) is 11.7 Å². The SMILES string of the molecule is CCc1ccc(C(=O)NC(C)(CN)C2CC2)cc1S(=O)(=O)N1CCOCC1. The summed E-state index contributed by atoms with van der Waals surface area (Å²) in [6.07, 6.45) is 2.68. The van der Waals surface area contributed by atoms with Gasteiger partial charge in [-0.15, -0.1) is 0 Å². The molecule has 8 heteroatoms. The summed E-state index contributed by atoms with van der Waals surface area (Å²) >= 11 is 0. The number of sulfonamides is 1. The maximum atomic E-state index is 13.1. The lowest BCUT2D eigenvalue weighted by Gasteiger charge is -2.30. The summed E-state index contributed by atoms with van der Waals surface area (Å²) in [5, 5.41) is 3.02. The van der Waals surface area contributed by atoms with Crippen LogP contribution < -0.4 is 11.1 Å². The van der Waals surface area contributed by atoms with Crippen LogP contribution in [0.5, 0.6) is 0 Å². The van der Waals surface area contributed by atoms with Crippen LogP contribution in [0.3, 0.4) is 0 Å². The highest BCUT2D eigenvalue weighted by molar-refractivity contribution is 7.89. The van der Waals surface area contributed by atoms with Crippen molar-refractivity contribution in [2.75, 3.05) is 32.8 Å². The molecule has 3 N–H and O–H groups in total. The molecule has 0 bridgehead atoms. The van der Waals surface area contributed by atoms with Gasteiger partial charge in [0.05, 0.1) is 23.6 Å². The Morgan fingerprint density at radius 3 is 2.56 bits per heavy atom. The Morgan fingerprint density at radius 1 is 1.33 bits per heavy atom. The number of nitrogens with one attached hydrogen (secondary N) is 1. The molecule has 1 saturated heterocycles. The van der Waals surface area contributed by atoms with Crippen molar-refractivity contribution in [3.63, 3.8) is 0 Å². The molecule has 1 unspecified atom stereocenters. The standard InChI is InChI=1S/C19H29N3O4S/c1-3-14-4-5-15(18(23)21-19(2,13-20)16-6-7-16)12-17(14)27(24,25)22-8-10-26-11-9-22/h4-5,12,16H,3,6-11,13,20H2,1-2H3,(H,21,23). The van der Waals surface area contributed by atoms with Crippen LogP contribution in [0.25, 0.3) is 0 Å². The van der Waals surface area contributed by atoms with Gasteiger partial charge in [0, 0.05) is 25.2 Å². The number of amides is 1. The molecule has 27 heavy (non-hydrogen) atoms. The molecular weight excluding hydrogens is 366 g/mol. The van der Waals surface area contributed by atoms with Gasteiger partial charge >= 0.3 is 0 Å². The Balaban J connectivity index is 1.90. The van der Waals surface area contributed by atoms with Gasteiger partial charge in [-0.1, -0.05) is 13.0 Å². The van der Waals surface area contributed by atoms with Gasteiger partial charge in [-0.2, -0.15) is 4.31 Å². The number of rotatable bonds is 7. The largest absolute Gasteiger partial charge is 0.379 e. The summed E-state index contributed by atoms with van der Waals surface area (Å²) in [5.74, 6) is 0.105. The first kappa shape index (κ1) is 20.3. The molecule has 1 amide bonds. The third kappa shape index (κ3) is 4.18. The number of nitrogens with zero attached hydrogens (tertiary/aromatic N) is 1. The fraction of sp³-hybridized carbons (Fsp3) is 0.632. The van der Waals surface area contributed by atoms with Gasteiger partial charge < -0.3 is 15.8 Å². The van der Waals surface area contributed by atoms with E-state index < -0.39 is 15.6 Å². The average molecular weight is 396 g/mol. The molecule has 0 spiro atoms. The second-order valence-corrected chi connectivity index (χ2v) is 9.45. The van der Waals surface area contributed by atoms with Gasteiger partial charge in [0.2, 0.25) is 10.0 Å². The van der Waals surface area contributed by atoms with E-state index in [9.17, 15) is 13.2 Å². The van der Waals surface area contributed by atoms with E-state index in [0.717, 1.165) is 12.8 Å². The third-order valence-electron chi connectivity index (χ3n) is 5.60. The first-order valence-corrected chi connectivity index (χ1v) is 11.0. The summed E-state index contributed by atoms with van der Waals surface area (Å²) in [5.41, 5.74) is 6.49. The number of hydrogen-bond acceptors (Lipinski definition) is 5. The third-order valence-corrected chi connectivity index (χ3v) is 7.58. The lowest BCUT2D eigenvalue weighted by atomic mass is 9.95. The van der Waals surface area contributed by atoms with Crippen LogP contribution in [0.2, 0.25) is 0 Å². The number of benzene rings is 1. The molecule has 0 aromatic heterocycles. The molecule has 1 heterocycles. The zero-order valence-electron chi connectivity index (χ0n) is 16.0. The molecule has 1 aromatic rings. The molecule has 2 fully saturated rings. The van der Waals surface area contributed by atoms with Crippen LogP contribution in [0, 0.1) is 5.92 Å². The molecule has 1 saturated carbocycles. The predicted octanol–water partition coefficient (Wildman–Crippen LogP) is 1.13.